The van der Waals surface area contributed by atoms with E-state index in [0.717, 1.165) is 43.6 Å². The molecule has 2 heterocycles. The van der Waals surface area contributed by atoms with Crippen LogP contribution in [-0.4, -0.2) is 42.1 Å². The van der Waals surface area contributed by atoms with Crippen LogP contribution in [-0.2, 0) is 11.2 Å². The Bertz CT molecular complexity index is 851. The van der Waals surface area contributed by atoms with Gasteiger partial charge in [-0.2, -0.15) is 0 Å². The van der Waals surface area contributed by atoms with Gasteiger partial charge < -0.3 is 9.47 Å². The fraction of sp³-hybridized carbons (Fsp3) is 0.455. The van der Waals surface area contributed by atoms with Crippen molar-refractivity contribution >= 4 is 23.3 Å². The van der Waals surface area contributed by atoms with Gasteiger partial charge in [0.1, 0.15) is 5.78 Å². The van der Waals surface area contributed by atoms with E-state index in [1.54, 1.807) is 6.92 Å². The number of nitrogens with zero attached hydrogens (tertiary/aromatic N) is 3. The lowest BCUT2D eigenvalue weighted by Crippen LogP contribution is -2.26. The van der Waals surface area contributed by atoms with E-state index in [-0.39, 0.29) is 17.6 Å². The number of ketones is 1. The van der Waals surface area contributed by atoms with E-state index in [4.69, 9.17) is 4.99 Å². The van der Waals surface area contributed by atoms with Crippen molar-refractivity contribution in [3.63, 3.8) is 0 Å². The highest BCUT2D eigenvalue weighted by Gasteiger charge is 2.33. The van der Waals surface area contributed by atoms with Crippen LogP contribution in [0.15, 0.2) is 41.2 Å². The number of aliphatic imine (C=N–C) groups is 1. The van der Waals surface area contributed by atoms with Crippen LogP contribution in [0.2, 0.25) is 0 Å². The SMILES string of the molecule is CC(=O)C1C=CC2=C(N=CC3=CCCc4ccn2c43)C1CCCN(C)C. The van der Waals surface area contributed by atoms with E-state index in [2.05, 4.69) is 54.1 Å². The first-order valence-corrected chi connectivity index (χ1v) is 9.59. The summed E-state index contributed by atoms with van der Waals surface area (Å²) in [5.74, 6) is 0.320. The number of fused-ring (bicyclic) bond motifs is 1. The first-order valence-electron chi connectivity index (χ1n) is 9.59. The maximum absolute atomic E-state index is 12.3. The summed E-state index contributed by atoms with van der Waals surface area (Å²) in [6.45, 7) is 2.74. The van der Waals surface area contributed by atoms with Gasteiger partial charge in [0.2, 0.25) is 0 Å². The predicted molar refractivity (Wildman–Crippen MR) is 107 cm³/mol. The zero-order valence-corrected chi connectivity index (χ0v) is 15.9. The van der Waals surface area contributed by atoms with E-state index in [1.807, 2.05) is 6.21 Å². The summed E-state index contributed by atoms with van der Waals surface area (Å²) >= 11 is 0. The second kappa shape index (κ2) is 6.84. The maximum Gasteiger partial charge on any atom is 0.137 e. The minimum absolute atomic E-state index is 0.0674. The number of aromatic nitrogens is 1. The monoisotopic (exact) mass is 349 g/mol. The van der Waals surface area contributed by atoms with Crippen LogP contribution < -0.4 is 0 Å². The number of allylic oxidation sites excluding steroid dienone is 6. The fourth-order valence-corrected chi connectivity index (χ4v) is 4.43. The van der Waals surface area contributed by atoms with Gasteiger partial charge in [0, 0.05) is 29.8 Å². The smallest absolute Gasteiger partial charge is 0.137 e. The molecule has 1 aromatic rings. The normalized spacial score (nSPS) is 23.6. The molecule has 2 unspecified atom stereocenters. The van der Waals surface area contributed by atoms with E-state index < -0.39 is 0 Å². The summed E-state index contributed by atoms with van der Waals surface area (Å²) in [4.78, 5) is 19.4. The number of aryl methyl sites for hydroxylation is 1. The molecule has 0 bridgehead atoms. The van der Waals surface area contributed by atoms with Crippen molar-refractivity contribution in [1.82, 2.24) is 9.47 Å². The molecule has 2 atom stereocenters. The quantitative estimate of drug-likeness (QED) is 0.811. The van der Waals surface area contributed by atoms with Crippen molar-refractivity contribution < 1.29 is 4.79 Å². The number of rotatable bonds is 5. The van der Waals surface area contributed by atoms with Gasteiger partial charge in [-0.1, -0.05) is 12.2 Å². The molecule has 0 amide bonds. The minimum atomic E-state index is -0.0674. The highest BCUT2D eigenvalue weighted by molar-refractivity contribution is 6.12. The van der Waals surface area contributed by atoms with E-state index in [9.17, 15) is 4.79 Å². The van der Waals surface area contributed by atoms with Gasteiger partial charge in [0.05, 0.1) is 17.1 Å². The predicted octanol–water partition coefficient (Wildman–Crippen LogP) is 3.80. The van der Waals surface area contributed by atoms with Crippen LogP contribution in [0, 0.1) is 11.8 Å². The van der Waals surface area contributed by atoms with Gasteiger partial charge in [-0.15, -0.1) is 0 Å². The summed E-state index contributed by atoms with van der Waals surface area (Å²) in [5.41, 5.74) is 6.10. The molecule has 4 heteroatoms. The highest BCUT2D eigenvalue weighted by atomic mass is 16.1. The van der Waals surface area contributed by atoms with Gasteiger partial charge in [0.25, 0.3) is 0 Å². The summed E-state index contributed by atoms with van der Waals surface area (Å²) in [6.07, 6.45) is 14.9. The average molecular weight is 349 g/mol. The van der Waals surface area contributed by atoms with Gasteiger partial charge in [-0.25, -0.2) is 0 Å². The number of carbonyl (C=O) groups excluding carboxylic acids is 1. The van der Waals surface area contributed by atoms with E-state index in [1.165, 1.54) is 16.8 Å². The van der Waals surface area contributed by atoms with Crippen LogP contribution in [0.25, 0.3) is 11.3 Å². The van der Waals surface area contributed by atoms with Crippen molar-refractivity contribution in [3.8, 4) is 0 Å². The van der Waals surface area contributed by atoms with Crippen molar-refractivity contribution in [2.45, 2.75) is 32.6 Å². The maximum atomic E-state index is 12.3. The van der Waals surface area contributed by atoms with Gasteiger partial charge in [-0.3, -0.25) is 9.79 Å². The number of Topliss-reactive ketones (excluding diaryl/α,β-unsaturated/α-hetero) is 1. The van der Waals surface area contributed by atoms with Gasteiger partial charge in [0.15, 0.2) is 0 Å². The third kappa shape index (κ3) is 2.92. The Morgan fingerprint density at radius 2 is 2.23 bits per heavy atom. The lowest BCUT2D eigenvalue weighted by atomic mass is 9.79. The Kier molecular flexibility index (Phi) is 4.53. The van der Waals surface area contributed by atoms with Crippen molar-refractivity contribution in [2.24, 2.45) is 16.8 Å². The second-order valence-corrected chi connectivity index (χ2v) is 7.83. The molecule has 0 spiro atoms. The van der Waals surface area contributed by atoms with Crippen LogP contribution in [0.3, 0.4) is 0 Å². The van der Waals surface area contributed by atoms with Gasteiger partial charge in [-0.05, 0) is 71.0 Å². The Morgan fingerprint density at radius 3 is 3.00 bits per heavy atom. The molecule has 136 valence electrons. The molecule has 4 nitrogen and oxygen atoms in total. The van der Waals surface area contributed by atoms with Crippen LogP contribution in [0.1, 0.15) is 37.4 Å². The minimum Gasteiger partial charge on any atom is -0.314 e. The summed E-state index contributed by atoms with van der Waals surface area (Å²) < 4.78 is 2.29. The molecule has 0 saturated heterocycles. The number of carbonyl (C=O) groups is 1. The van der Waals surface area contributed by atoms with Crippen molar-refractivity contribution in [1.29, 1.82) is 0 Å². The van der Waals surface area contributed by atoms with Crippen LogP contribution >= 0.6 is 0 Å². The Hall–Kier alpha value is -2.20. The molecule has 0 fully saturated rings. The number of hydrogen-bond acceptors (Lipinski definition) is 3. The van der Waals surface area contributed by atoms with Crippen LogP contribution in [0.4, 0.5) is 0 Å². The summed E-state index contributed by atoms with van der Waals surface area (Å²) in [6, 6.07) is 2.23. The molecule has 1 aliphatic heterocycles. The first-order chi connectivity index (χ1) is 12.6. The highest BCUT2D eigenvalue weighted by Crippen LogP contribution is 2.41. The lowest BCUT2D eigenvalue weighted by Gasteiger charge is -2.29. The molecule has 1 aromatic heterocycles. The van der Waals surface area contributed by atoms with Crippen molar-refractivity contribution in [3.05, 3.63) is 47.4 Å². The topological polar surface area (TPSA) is 37.6 Å². The van der Waals surface area contributed by atoms with E-state index >= 15 is 0 Å². The molecular formula is C22H27N3O. The largest absolute Gasteiger partial charge is 0.314 e. The van der Waals surface area contributed by atoms with Crippen LogP contribution in [0.5, 0.6) is 0 Å². The molecule has 0 N–H and O–H groups in total. The Morgan fingerprint density at radius 1 is 1.38 bits per heavy atom. The Balaban J connectivity index is 1.76. The third-order valence-corrected chi connectivity index (χ3v) is 5.72. The standard InChI is InChI=1S/C22H27N3O/c1-15(26)18-9-10-20-21(19(18)8-5-12-24(2)3)23-14-17-7-4-6-16-11-13-25(20)22(16)17/h7,9-11,13-14,18-19H,4-6,8,12H2,1-3H3. The molecule has 0 radical (unpaired) electrons. The molecule has 0 aromatic carbocycles. The summed E-state index contributed by atoms with van der Waals surface area (Å²) in [5, 5.41) is 0. The Labute approximate surface area is 155 Å². The average Bonchev–Trinajstić information content (AvgIpc) is 2.96. The zero-order valence-electron chi connectivity index (χ0n) is 15.9. The van der Waals surface area contributed by atoms with Gasteiger partial charge >= 0.3 is 0 Å². The first kappa shape index (κ1) is 17.2. The molecule has 0 saturated carbocycles. The third-order valence-electron chi connectivity index (χ3n) is 5.72. The molecular weight excluding hydrogens is 322 g/mol. The second-order valence-electron chi connectivity index (χ2n) is 7.83. The zero-order chi connectivity index (χ0) is 18.3. The summed E-state index contributed by atoms with van der Waals surface area (Å²) in [7, 11) is 4.19. The van der Waals surface area contributed by atoms with E-state index in [0.29, 0.717) is 0 Å². The fourth-order valence-electron chi connectivity index (χ4n) is 4.43. The number of hydrogen-bond donors (Lipinski definition) is 0. The molecule has 2 aliphatic carbocycles. The molecule has 3 aliphatic rings. The van der Waals surface area contributed by atoms with Crippen molar-refractivity contribution in [2.75, 3.05) is 20.6 Å². The molecule has 26 heavy (non-hydrogen) atoms. The lowest BCUT2D eigenvalue weighted by molar-refractivity contribution is -0.120. The molecule has 4 rings (SSSR count).